The van der Waals surface area contributed by atoms with Gasteiger partial charge in [0.05, 0.1) is 5.60 Å². The summed E-state index contributed by atoms with van der Waals surface area (Å²) in [5, 5.41) is 18.4. The van der Waals surface area contributed by atoms with Gasteiger partial charge in [-0.05, 0) is 26.0 Å². The van der Waals surface area contributed by atoms with Gasteiger partial charge in [-0.2, -0.15) is 0 Å². The van der Waals surface area contributed by atoms with E-state index in [2.05, 4.69) is 4.98 Å². The molecule has 5 nitrogen and oxygen atoms in total. The molecule has 0 saturated carbocycles. The number of aromatic carboxylic acids is 1. The number of hydrogen-bond donors (Lipinski definition) is 2. The maximum atomic E-state index is 10.7. The van der Waals surface area contributed by atoms with Gasteiger partial charge in [0.1, 0.15) is 5.69 Å². The van der Waals surface area contributed by atoms with Crippen molar-refractivity contribution in [3.05, 3.63) is 24.0 Å². The van der Waals surface area contributed by atoms with Crippen LogP contribution in [0.3, 0.4) is 0 Å². The van der Waals surface area contributed by atoms with Crippen LogP contribution in [-0.4, -0.2) is 40.4 Å². The Labute approximate surface area is 94.4 Å². The van der Waals surface area contributed by atoms with E-state index in [0.29, 0.717) is 6.54 Å². The Hall–Kier alpha value is -1.62. The van der Waals surface area contributed by atoms with E-state index >= 15 is 0 Å². The quantitative estimate of drug-likeness (QED) is 0.797. The molecule has 0 aromatic carbocycles. The average molecular weight is 224 g/mol. The van der Waals surface area contributed by atoms with Gasteiger partial charge >= 0.3 is 5.97 Å². The van der Waals surface area contributed by atoms with Crippen LogP contribution in [0, 0.1) is 0 Å². The minimum Gasteiger partial charge on any atom is -0.477 e. The summed E-state index contributed by atoms with van der Waals surface area (Å²) < 4.78 is 0. The lowest BCUT2D eigenvalue weighted by Gasteiger charge is -2.27. The molecule has 0 bridgehead atoms. The average Bonchev–Trinajstić information content (AvgIpc) is 2.15. The number of aliphatic hydroxyl groups is 1. The van der Waals surface area contributed by atoms with Crippen LogP contribution in [0.2, 0.25) is 0 Å². The molecule has 88 valence electrons. The highest BCUT2D eigenvalue weighted by Gasteiger charge is 2.16. The van der Waals surface area contributed by atoms with E-state index in [-0.39, 0.29) is 5.69 Å². The highest BCUT2D eigenvalue weighted by atomic mass is 16.4. The van der Waals surface area contributed by atoms with Crippen molar-refractivity contribution in [1.29, 1.82) is 0 Å². The molecular formula is C11H16N2O3. The summed E-state index contributed by atoms with van der Waals surface area (Å²) in [6, 6.07) is 3.19. The molecule has 1 heterocycles. The largest absolute Gasteiger partial charge is 0.477 e. The van der Waals surface area contributed by atoms with E-state index in [9.17, 15) is 9.90 Å². The highest BCUT2D eigenvalue weighted by molar-refractivity contribution is 5.86. The van der Waals surface area contributed by atoms with Gasteiger partial charge in [0.2, 0.25) is 0 Å². The van der Waals surface area contributed by atoms with E-state index in [0.717, 1.165) is 5.69 Å². The first-order valence-electron chi connectivity index (χ1n) is 4.92. The van der Waals surface area contributed by atoms with Crippen molar-refractivity contribution >= 4 is 11.7 Å². The number of nitrogens with zero attached hydrogens (tertiary/aromatic N) is 2. The summed E-state index contributed by atoms with van der Waals surface area (Å²) in [7, 11) is 1.79. The van der Waals surface area contributed by atoms with Crippen molar-refractivity contribution in [3.63, 3.8) is 0 Å². The van der Waals surface area contributed by atoms with Crippen LogP contribution < -0.4 is 4.90 Å². The molecule has 0 aliphatic heterocycles. The molecule has 0 fully saturated rings. The third-order valence-electron chi connectivity index (χ3n) is 2.03. The van der Waals surface area contributed by atoms with Gasteiger partial charge in [0, 0.05) is 25.5 Å². The number of aromatic nitrogens is 1. The van der Waals surface area contributed by atoms with Gasteiger partial charge < -0.3 is 15.1 Å². The summed E-state index contributed by atoms with van der Waals surface area (Å²) in [5.74, 6) is -1.06. The maximum Gasteiger partial charge on any atom is 0.354 e. The van der Waals surface area contributed by atoms with Crippen molar-refractivity contribution in [3.8, 4) is 0 Å². The molecule has 0 aliphatic rings. The number of carboxylic acid groups (broad SMARTS) is 1. The molecule has 0 aliphatic carbocycles. The molecule has 1 aromatic heterocycles. The van der Waals surface area contributed by atoms with Gasteiger partial charge in [0.25, 0.3) is 0 Å². The number of likely N-dealkylation sites (N-methyl/N-ethyl adjacent to an activating group) is 1. The lowest BCUT2D eigenvalue weighted by atomic mass is 10.1. The highest BCUT2D eigenvalue weighted by Crippen LogP contribution is 2.15. The molecule has 1 aromatic rings. The molecule has 0 radical (unpaired) electrons. The van der Waals surface area contributed by atoms with Gasteiger partial charge in [-0.1, -0.05) is 0 Å². The smallest absolute Gasteiger partial charge is 0.354 e. The summed E-state index contributed by atoms with van der Waals surface area (Å²) in [6.07, 6.45) is 1.44. The Bertz CT molecular complexity index is 385. The third-order valence-corrected chi connectivity index (χ3v) is 2.03. The molecule has 2 N–H and O–H groups in total. The lowest BCUT2D eigenvalue weighted by Crippen LogP contribution is -2.36. The van der Waals surface area contributed by atoms with Crippen LogP contribution in [-0.2, 0) is 0 Å². The van der Waals surface area contributed by atoms with Crippen LogP contribution in [0.1, 0.15) is 24.3 Å². The van der Waals surface area contributed by atoms with Crippen molar-refractivity contribution in [1.82, 2.24) is 4.98 Å². The summed E-state index contributed by atoms with van der Waals surface area (Å²) >= 11 is 0. The maximum absolute atomic E-state index is 10.7. The second-order valence-electron chi connectivity index (χ2n) is 4.37. The molecular weight excluding hydrogens is 208 g/mol. The zero-order valence-corrected chi connectivity index (χ0v) is 9.64. The van der Waals surface area contributed by atoms with Gasteiger partial charge in [-0.25, -0.2) is 9.78 Å². The molecule has 0 saturated heterocycles. The van der Waals surface area contributed by atoms with E-state index in [1.807, 2.05) is 0 Å². The Morgan fingerprint density at radius 2 is 2.19 bits per heavy atom. The Morgan fingerprint density at radius 3 is 2.69 bits per heavy atom. The second-order valence-corrected chi connectivity index (χ2v) is 4.37. The van der Waals surface area contributed by atoms with E-state index < -0.39 is 11.6 Å². The van der Waals surface area contributed by atoms with Crippen LogP contribution in [0.4, 0.5) is 5.69 Å². The van der Waals surface area contributed by atoms with Gasteiger partial charge in [-0.3, -0.25) is 0 Å². The number of carbonyl (C=O) groups is 1. The van der Waals surface area contributed by atoms with E-state index in [1.165, 1.54) is 12.3 Å². The van der Waals surface area contributed by atoms with Crippen molar-refractivity contribution in [2.45, 2.75) is 19.4 Å². The first-order chi connectivity index (χ1) is 7.29. The van der Waals surface area contributed by atoms with Crippen LogP contribution in [0.15, 0.2) is 18.3 Å². The molecule has 0 amide bonds. The van der Waals surface area contributed by atoms with Gasteiger partial charge in [-0.15, -0.1) is 0 Å². The fourth-order valence-electron chi connectivity index (χ4n) is 1.45. The number of anilines is 1. The number of carboxylic acids is 1. The molecule has 0 unspecified atom stereocenters. The van der Waals surface area contributed by atoms with E-state index in [1.54, 1.807) is 31.9 Å². The fourth-order valence-corrected chi connectivity index (χ4v) is 1.45. The number of rotatable bonds is 4. The minimum absolute atomic E-state index is 0.0000888. The standard InChI is InChI=1S/C11H16N2O3/c1-11(2,16)7-13(3)8-4-5-12-9(6-8)10(14)15/h4-6,16H,7H2,1-3H3,(H,14,15). The summed E-state index contributed by atoms with van der Waals surface area (Å²) in [6.45, 7) is 3.81. The monoisotopic (exact) mass is 224 g/mol. The van der Waals surface area contributed by atoms with Crippen LogP contribution >= 0.6 is 0 Å². The summed E-state index contributed by atoms with van der Waals surface area (Å²) in [4.78, 5) is 16.2. The minimum atomic E-state index is -1.06. The van der Waals surface area contributed by atoms with Crippen LogP contribution in [0.5, 0.6) is 0 Å². The topological polar surface area (TPSA) is 73.7 Å². The number of pyridine rings is 1. The van der Waals surface area contributed by atoms with Crippen LogP contribution in [0.25, 0.3) is 0 Å². The Balaban J connectivity index is 2.87. The molecule has 1 rings (SSSR count). The summed E-state index contributed by atoms with van der Waals surface area (Å²) in [5.41, 5.74) is -0.115. The van der Waals surface area contributed by atoms with Crippen molar-refractivity contribution in [2.24, 2.45) is 0 Å². The number of hydrogen-bond acceptors (Lipinski definition) is 4. The molecule has 16 heavy (non-hydrogen) atoms. The molecule has 5 heteroatoms. The predicted molar refractivity (Wildman–Crippen MR) is 60.8 cm³/mol. The zero-order valence-electron chi connectivity index (χ0n) is 9.64. The first-order valence-corrected chi connectivity index (χ1v) is 4.92. The normalized spacial score (nSPS) is 11.2. The van der Waals surface area contributed by atoms with Gasteiger partial charge in [0.15, 0.2) is 0 Å². The lowest BCUT2D eigenvalue weighted by molar-refractivity contribution is 0.0690. The second kappa shape index (κ2) is 4.49. The Morgan fingerprint density at radius 1 is 1.56 bits per heavy atom. The zero-order chi connectivity index (χ0) is 12.3. The third kappa shape index (κ3) is 3.51. The van der Waals surface area contributed by atoms with Crippen molar-refractivity contribution < 1.29 is 15.0 Å². The predicted octanol–water partition coefficient (Wildman–Crippen LogP) is 0.987. The van der Waals surface area contributed by atoms with E-state index in [4.69, 9.17) is 5.11 Å². The fraction of sp³-hybridized carbons (Fsp3) is 0.455. The first kappa shape index (κ1) is 12.4. The Kier molecular flexibility index (Phi) is 3.49. The SMILES string of the molecule is CN(CC(C)(C)O)c1ccnc(C(=O)O)c1. The van der Waals surface area contributed by atoms with Crippen molar-refractivity contribution in [2.75, 3.05) is 18.5 Å². The molecule has 0 atom stereocenters. The molecule has 0 spiro atoms.